The second kappa shape index (κ2) is 2.86. The highest BCUT2D eigenvalue weighted by molar-refractivity contribution is 9.10. The first kappa shape index (κ1) is 8.27. The third-order valence-electron chi connectivity index (χ3n) is 1.94. The summed E-state index contributed by atoms with van der Waals surface area (Å²) in [6, 6.07) is 5.54. The summed E-state index contributed by atoms with van der Waals surface area (Å²) in [5, 5.41) is 11.4. The van der Waals surface area contributed by atoms with Gasteiger partial charge in [0.15, 0.2) is 0 Å². The number of benzene rings is 1. The maximum atomic E-state index is 11.0. The van der Waals surface area contributed by atoms with Gasteiger partial charge in [0.05, 0.1) is 12.0 Å². The molecule has 1 aliphatic heterocycles. The van der Waals surface area contributed by atoms with E-state index >= 15 is 0 Å². The quantitative estimate of drug-likeness (QED) is 0.748. The molecule has 0 fully saturated rings. The van der Waals surface area contributed by atoms with Crippen LogP contribution in [0.25, 0.3) is 0 Å². The monoisotopic (exact) mass is 236 g/mol. The zero-order valence-corrected chi connectivity index (χ0v) is 8.18. The first-order chi connectivity index (χ1) is 6.20. The summed E-state index contributed by atoms with van der Waals surface area (Å²) in [5.41, 5.74) is 2.24. The number of hydrogen-bond donors (Lipinski definition) is 1. The molecule has 0 aliphatic carbocycles. The van der Waals surface area contributed by atoms with E-state index in [0.717, 1.165) is 15.7 Å². The largest absolute Gasteiger partial charge is 0.325 e. The van der Waals surface area contributed by atoms with Crippen LogP contribution in [0.2, 0.25) is 0 Å². The molecule has 13 heavy (non-hydrogen) atoms. The Labute approximate surface area is 83.5 Å². The molecule has 0 saturated carbocycles. The van der Waals surface area contributed by atoms with E-state index in [-0.39, 0.29) is 5.91 Å². The van der Waals surface area contributed by atoms with Crippen molar-refractivity contribution in [1.29, 1.82) is 5.26 Å². The van der Waals surface area contributed by atoms with E-state index in [9.17, 15) is 4.79 Å². The number of carbonyl (C=O) groups excluding carboxylic acids is 1. The van der Waals surface area contributed by atoms with E-state index in [1.54, 1.807) is 6.07 Å². The SMILES string of the molecule is N#Cc1cc2c(cc1Br)CC(=O)N2. The summed E-state index contributed by atoms with van der Waals surface area (Å²) in [6.07, 6.45) is 0.402. The Balaban J connectivity index is 2.58. The number of carbonyl (C=O) groups is 1. The molecule has 4 heteroatoms. The molecule has 0 unspecified atom stereocenters. The topological polar surface area (TPSA) is 52.9 Å². The minimum atomic E-state index is -0.0167. The number of nitriles is 1. The molecular weight excluding hydrogens is 232 g/mol. The van der Waals surface area contributed by atoms with Crippen LogP contribution in [0.5, 0.6) is 0 Å². The van der Waals surface area contributed by atoms with Gasteiger partial charge in [0.25, 0.3) is 0 Å². The van der Waals surface area contributed by atoms with Gasteiger partial charge in [-0.2, -0.15) is 5.26 Å². The molecule has 1 aromatic rings. The number of hydrogen-bond acceptors (Lipinski definition) is 2. The molecule has 1 heterocycles. The van der Waals surface area contributed by atoms with Crippen LogP contribution in [0.4, 0.5) is 5.69 Å². The minimum Gasteiger partial charge on any atom is -0.325 e. The van der Waals surface area contributed by atoms with Gasteiger partial charge in [-0.15, -0.1) is 0 Å². The van der Waals surface area contributed by atoms with E-state index in [0.29, 0.717) is 12.0 Å². The third-order valence-corrected chi connectivity index (χ3v) is 2.59. The van der Waals surface area contributed by atoms with Gasteiger partial charge >= 0.3 is 0 Å². The lowest BCUT2D eigenvalue weighted by molar-refractivity contribution is -0.115. The van der Waals surface area contributed by atoms with Crippen molar-refractivity contribution in [2.75, 3.05) is 5.32 Å². The molecule has 2 rings (SSSR count). The normalized spacial score (nSPS) is 13.4. The molecule has 1 aliphatic rings. The molecule has 1 aromatic carbocycles. The fourth-order valence-electron chi connectivity index (χ4n) is 1.33. The second-order valence-corrected chi connectivity index (χ2v) is 3.68. The van der Waals surface area contributed by atoms with Gasteiger partial charge < -0.3 is 5.32 Å². The van der Waals surface area contributed by atoms with E-state index in [1.807, 2.05) is 12.1 Å². The highest BCUT2D eigenvalue weighted by Gasteiger charge is 2.18. The van der Waals surface area contributed by atoms with Crippen LogP contribution in [-0.4, -0.2) is 5.91 Å². The standard InChI is InChI=1S/C9H5BrN2O/c10-7-1-5-3-9(13)12-8(5)2-6(7)4-11/h1-2H,3H2,(H,12,13). The second-order valence-electron chi connectivity index (χ2n) is 2.83. The first-order valence-corrected chi connectivity index (χ1v) is 4.52. The van der Waals surface area contributed by atoms with Crippen molar-refractivity contribution >= 4 is 27.5 Å². The number of nitrogens with one attached hydrogen (secondary N) is 1. The van der Waals surface area contributed by atoms with Crippen molar-refractivity contribution in [2.24, 2.45) is 0 Å². The lowest BCUT2D eigenvalue weighted by Crippen LogP contribution is -2.03. The van der Waals surface area contributed by atoms with Crippen molar-refractivity contribution < 1.29 is 4.79 Å². The number of amides is 1. The van der Waals surface area contributed by atoms with Gasteiger partial charge in [-0.1, -0.05) is 0 Å². The van der Waals surface area contributed by atoms with Gasteiger partial charge in [0.2, 0.25) is 5.91 Å². The van der Waals surface area contributed by atoms with E-state index in [2.05, 4.69) is 21.2 Å². The Kier molecular flexibility index (Phi) is 1.82. The van der Waals surface area contributed by atoms with E-state index < -0.39 is 0 Å². The zero-order chi connectivity index (χ0) is 9.42. The maximum Gasteiger partial charge on any atom is 0.228 e. The van der Waals surface area contributed by atoms with Crippen LogP contribution >= 0.6 is 15.9 Å². The summed E-state index contributed by atoms with van der Waals surface area (Å²) in [4.78, 5) is 11.0. The van der Waals surface area contributed by atoms with Crippen LogP contribution in [0.3, 0.4) is 0 Å². The van der Waals surface area contributed by atoms with Crippen molar-refractivity contribution in [2.45, 2.75) is 6.42 Å². The van der Waals surface area contributed by atoms with Crippen LogP contribution in [0, 0.1) is 11.3 Å². The van der Waals surface area contributed by atoms with Gasteiger partial charge in [-0.25, -0.2) is 0 Å². The predicted molar refractivity (Wildman–Crippen MR) is 51.2 cm³/mol. The number of anilines is 1. The Morgan fingerprint density at radius 1 is 1.54 bits per heavy atom. The van der Waals surface area contributed by atoms with Gasteiger partial charge in [0.1, 0.15) is 6.07 Å². The fourth-order valence-corrected chi connectivity index (χ4v) is 1.81. The molecule has 64 valence electrons. The van der Waals surface area contributed by atoms with Crippen LogP contribution in [0.15, 0.2) is 16.6 Å². The molecule has 0 bridgehead atoms. The first-order valence-electron chi connectivity index (χ1n) is 3.73. The highest BCUT2D eigenvalue weighted by atomic mass is 79.9. The van der Waals surface area contributed by atoms with E-state index in [1.165, 1.54) is 0 Å². The molecule has 0 spiro atoms. The van der Waals surface area contributed by atoms with Crippen LogP contribution in [0.1, 0.15) is 11.1 Å². The van der Waals surface area contributed by atoms with Gasteiger partial charge in [-0.05, 0) is 33.6 Å². The fraction of sp³-hybridized carbons (Fsp3) is 0.111. The Hall–Kier alpha value is -1.34. The summed E-state index contributed by atoms with van der Waals surface area (Å²) in [7, 11) is 0. The summed E-state index contributed by atoms with van der Waals surface area (Å²) >= 11 is 3.27. The van der Waals surface area contributed by atoms with E-state index in [4.69, 9.17) is 5.26 Å². The lowest BCUT2D eigenvalue weighted by Gasteiger charge is -2.00. The zero-order valence-electron chi connectivity index (χ0n) is 6.60. The van der Waals surface area contributed by atoms with Gasteiger partial charge in [0, 0.05) is 10.2 Å². The average Bonchev–Trinajstić information content (AvgIpc) is 2.42. The van der Waals surface area contributed by atoms with Crippen LogP contribution in [-0.2, 0) is 11.2 Å². The summed E-state index contributed by atoms with van der Waals surface area (Å²) in [5.74, 6) is -0.0167. The Morgan fingerprint density at radius 2 is 2.31 bits per heavy atom. The smallest absolute Gasteiger partial charge is 0.228 e. The predicted octanol–water partition coefficient (Wildman–Crippen LogP) is 1.82. The van der Waals surface area contributed by atoms with Crippen molar-refractivity contribution in [1.82, 2.24) is 0 Å². The molecular formula is C9H5BrN2O. The number of halogens is 1. The molecule has 1 N–H and O–H groups in total. The van der Waals surface area contributed by atoms with Crippen molar-refractivity contribution in [3.05, 3.63) is 27.7 Å². The maximum absolute atomic E-state index is 11.0. The Bertz CT molecular complexity index is 434. The Morgan fingerprint density at radius 3 is 3.00 bits per heavy atom. The molecule has 1 amide bonds. The average molecular weight is 237 g/mol. The molecule has 3 nitrogen and oxygen atoms in total. The molecule has 0 atom stereocenters. The highest BCUT2D eigenvalue weighted by Crippen LogP contribution is 2.29. The summed E-state index contributed by atoms with van der Waals surface area (Å²) < 4.78 is 0.741. The molecule has 0 radical (unpaired) electrons. The van der Waals surface area contributed by atoms with Crippen LogP contribution < -0.4 is 5.32 Å². The van der Waals surface area contributed by atoms with Gasteiger partial charge in [-0.3, -0.25) is 4.79 Å². The number of nitrogens with zero attached hydrogens (tertiary/aromatic N) is 1. The lowest BCUT2D eigenvalue weighted by atomic mass is 10.1. The molecule has 0 aromatic heterocycles. The summed E-state index contributed by atoms with van der Waals surface area (Å²) in [6.45, 7) is 0. The number of fused-ring (bicyclic) bond motifs is 1. The number of rotatable bonds is 0. The molecule has 0 saturated heterocycles. The van der Waals surface area contributed by atoms with Crippen molar-refractivity contribution in [3.63, 3.8) is 0 Å². The third kappa shape index (κ3) is 1.31. The van der Waals surface area contributed by atoms with Crippen molar-refractivity contribution in [3.8, 4) is 6.07 Å². The minimum absolute atomic E-state index is 0.0167.